The molecule has 3 heterocycles. The summed E-state index contributed by atoms with van der Waals surface area (Å²) >= 11 is 0. The van der Waals surface area contributed by atoms with Crippen LogP contribution in [0.4, 0.5) is 5.82 Å². The van der Waals surface area contributed by atoms with Crippen LogP contribution in [0.25, 0.3) is 0 Å². The third-order valence-electron chi connectivity index (χ3n) is 5.35. The Labute approximate surface area is 199 Å². The van der Waals surface area contributed by atoms with E-state index in [1.807, 2.05) is 6.20 Å². The summed E-state index contributed by atoms with van der Waals surface area (Å²) in [6, 6.07) is 4.23. The molecule has 0 radical (unpaired) electrons. The van der Waals surface area contributed by atoms with Crippen LogP contribution in [-0.2, 0) is 11.3 Å². The lowest BCUT2D eigenvalue weighted by molar-refractivity contribution is -0.0284. The van der Waals surface area contributed by atoms with Gasteiger partial charge in [0.05, 0.1) is 19.3 Å². The number of nitrogens with one attached hydrogen (secondary N) is 2. The molecule has 8 heteroatoms. The van der Waals surface area contributed by atoms with Crippen molar-refractivity contribution in [2.75, 3.05) is 57.3 Å². The van der Waals surface area contributed by atoms with Gasteiger partial charge < -0.3 is 20.3 Å². The average molecular weight is 530 g/mol. The van der Waals surface area contributed by atoms with Crippen molar-refractivity contribution in [1.82, 2.24) is 20.5 Å². The first-order valence-corrected chi connectivity index (χ1v) is 11.2. The Kier molecular flexibility index (Phi) is 11.2. The molecule has 1 unspecified atom stereocenters. The first-order chi connectivity index (χ1) is 14.1. The fourth-order valence-corrected chi connectivity index (χ4v) is 3.99. The third kappa shape index (κ3) is 8.19. The molecule has 7 nitrogen and oxygen atoms in total. The Balaban J connectivity index is 0.00000320. The van der Waals surface area contributed by atoms with Gasteiger partial charge in [0, 0.05) is 52.0 Å². The van der Waals surface area contributed by atoms with Crippen LogP contribution < -0.4 is 15.5 Å². The number of guanidine groups is 1. The lowest BCUT2D eigenvalue weighted by Gasteiger charge is -2.34. The molecule has 2 aliphatic rings. The van der Waals surface area contributed by atoms with E-state index in [2.05, 4.69) is 58.3 Å². The van der Waals surface area contributed by atoms with Crippen molar-refractivity contribution < 1.29 is 4.74 Å². The van der Waals surface area contributed by atoms with Gasteiger partial charge in [0.15, 0.2) is 5.96 Å². The van der Waals surface area contributed by atoms with E-state index in [0.717, 1.165) is 64.2 Å². The second-order valence-electron chi connectivity index (χ2n) is 8.44. The van der Waals surface area contributed by atoms with E-state index in [9.17, 15) is 0 Å². The molecule has 0 bridgehead atoms. The number of hydrogen-bond acceptors (Lipinski definition) is 5. The maximum Gasteiger partial charge on any atom is 0.191 e. The molecule has 1 aromatic heterocycles. The summed E-state index contributed by atoms with van der Waals surface area (Å²) in [6.07, 6.45) is 4.62. The molecule has 170 valence electrons. The number of hydrogen-bond donors (Lipinski definition) is 2. The first-order valence-electron chi connectivity index (χ1n) is 11.2. The molecule has 1 atom stereocenters. The zero-order valence-electron chi connectivity index (χ0n) is 18.8. The Morgan fingerprint density at radius 3 is 2.80 bits per heavy atom. The van der Waals surface area contributed by atoms with Crippen LogP contribution in [0.2, 0.25) is 0 Å². The van der Waals surface area contributed by atoms with Gasteiger partial charge in [-0.05, 0) is 43.4 Å². The number of nitrogens with zero attached hydrogens (tertiary/aromatic N) is 4. The van der Waals surface area contributed by atoms with Gasteiger partial charge >= 0.3 is 0 Å². The van der Waals surface area contributed by atoms with Crippen LogP contribution in [0.3, 0.4) is 0 Å². The van der Waals surface area contributed by atoms with Crippen molar-refractivity contribution >= 4 is 35.8 Å². The van der Waals surface area contributed by atoms with E-state index in [0.29, 0.717) is 12.5 Å². The predicted molar refractivity (Wildman–Crippen MR) is 135 cm³/mol. The Morgan fingerprint density at radius 2 is 2.07 bits per heavy atom. The lowest BCUT2D eigenvalue weighted by Crippen LogP contribution is -2.50. The minimum atomic E-state index is 0. The number of rotatable bonds is 8. The van der Waals surface area contributed by atoms with Gasteiger partial charge in [-0.15, -0.1) is 24.0 Å². The molecular weight excluding hydrogens is 491 g/mol. The van der Waals surface area contributed by atoms with Crippen molar-refractivity contribution in [2.24, 2.45) is 10.9 Å². The van der Waals surface area contributed by atoms with E-state index in [1.54, 1.807) is 0 Å². The van der Waals surface area contributed by atoms with E-state index in [1.165, 1.54) is 18.4 Å². The quantitative estimate of drug-likeness (QED) is 0.306. The fraction of sp³-hybridized carbons (Fsp3) is 0.727. The van der Waals surface area contributed by atoms with Crippen molar-refractivity contribution in [1.29, 1.82) is 0 Å². The molecule has 0 amide bonds. The maximum atomic E-state index is 5.95. The minimum Gasteiger partial charge on any atom is -0.374 e. The van der Waals surface area contributed by atoms with Crippen LogP contribution in [-0.4, -0.2) is 74.4 Å². The molecule has 2 aliphatic heterocycles. The van der Waals surface area contributed by atoms with Crippen LogP contribution >= 0.6 is 24.0 Å². The monoisotopic (exact) mass is 530 g/mol. The van der Waals surface area contributed by atoms with Gasteiger partial charge in [0.1, 0.15) is 5.82 Å². The van der Waals surface area contributed by atoms with Crippen molar-refractivity contribution in [2.45, 2.75) is 46.3 Å². The van der Waals surface area contributed by atoms with Crippen molar-refractivity contribution in [3.8, 4) is 0 Å². The standard InChI is InChI=1S/C22H38N6O.HI/c1-4-23-22(26-15-20-17-27(11-12-29-20)16-18(2)3)25-14-19-7-8-24-21(13-19)28-9-5-6-10-28;/h7-8,13,18,20H,4-6,9-12,14-17H2,1-3H3,(H2,23,25,26);1H. The lowest BCUT2D eigenvalue weighted by atomic mass is 10.2. The second-order valence-corrected chi connectivity index (χ2v) is 8.44. The predicted octanol–water partition coefficient (Wildman–Crippen LogP) is 2.71. The van der Waals surface area contributed by atoms with Crippen molar-refractivity contribution in [3.63, 3.8) is 0 Å². The SMILES string of the molecule is CCNC(=NCc1ccnc(N2CCCC2)c1)NCC1CN(CC(C)C)CCO1.I. The number of aliphatic imine (C=N–C) groups is 1. The Hall–Kier alpha value is -1.13. The number of morpholine rings is 1. The summed E-state index contributed by atoms with van der Waals surface area (Å²) in [5.74, 6) is 2.61. The van der Waals surface area contributed by atoms with E-state index in [4.69, 9.17) is 9.73 Å². The minimum absolute atomic E-state index is 0. The van der Waals surface area contributed by atoms with Gasteiger partial charge in [0.25, 0.3) is 0 Å². The zero-order chi connectivity index (χ0) is 20.5. The summed E-state index contributed by atoms with van der Waals surface area (Å²) in [4.78, 5) is 14.2. The van der Waals surface area contributed by atoms with Crippen LogP contribution in [0.1, 0.15) is 39.2 Å². The molecule has 3 rings (SSSR count). The highest BCUT2D eigenvalue weighted by molar-refractivity contribution is 14.0. The molecule has 0 aromatic carbocycles. The van der Waals surface area contributed by atoms with E-state index in [-0.39, 0.29) is 30.1 Å². The first kappa shape index (κ1) is 25.1. The van der Waals surface area contributed by atoms with Crippen LogP contribution in [0.5, 0.6) is 0 Å². The van der Waals surface area contributed by atoms with Crippen molar-refractivity contribution in [3.05, 3.63) is 23.9 Å². The summed E-state index contributed by atoms with van der Waals surface area (Å²) in [7, 11) is 0. The van der Waals surface area contributed by atoms with Gasteiger partial charge in [-0.2, -0.15) is 0 Å². The largest absolute Gasteiger partial charge is 0.374 e. The summed E-state index contributed by atoms with van der Waals surface area (Å²) < 4.78 is 5.95. The van der Waals surface area contributed by atoms with E-state index < -0.39 is 0 Å². The number of aromatic nitrogens is 1. The van der Waals surface area contributed by atoms with E-state index >= 15 is 0 Å². The smallest absolute Gasteiger partial charge is 0.191 e. The van der Waals surface area contributed by atoms with Crippen LogP contribution in [0.15, 0.2) is 23.3 Å². The number of halogens is 1. The maximum absolute atomic E-state index is 5.95. The summed E-state index contributed by atoms with van der Waals surface area (Å²) in [5, 5.41) is 6.81. The summed E-state index contributed by atoms with van der Waals surface area (Å²) in [5.41, 5.74) is 1.19. The fourth-order valence-electron chi connectivity index (χ4n) is 3.99. The highest BCUT2D eigenvalue weighted by Crippen LogP contribution is 2.18. The second kappa shape index (κ2) is 13.3. The number of pyridine rings is 1. The normalized spacial score (nSPS) is 20.3. The van der Waals surface area contributed by atoms with Crippen LogP contribution in [0, 0.1) is 5.92 Å². The number of anilines is 1. The molecule has 2 fully saturated rings. The Bertz CT molecular complexity index is 650. The molecule has 2 N–H and O–H groups in total. The van der Waals surface area contributed by atoms with Gasteiger partial charge in [-0.3, -0.25) is 4.90 Å². The zero-order valence-corrected chi connectivity index (χ0v) is 21.1. The molecule has 30 heavy (non-hydrogen) atoms. The van der Waals surface area contributed by atoms with Gasteiger partial charge in [-0.25, -0.2) is 9.98 Å². The molecule has 1 aromatic rings. The topological polar surface area (TPSA) is 65.0 Å². The highest BCUT2D eigenvalue weighted by atomic mass is 127. The van der Waals surface area contributed by atoms with Gasteiger partial charge in [0.2, 0.25) is 0 Å². The average Bonchev–Trinajstić information content (AvgIpc) is 3.25. The van der Waals surface area contributed by atoms with Gasteiger partial charge in [-0.1, -0.05) is 13.8 Å². The Morgan fingerprint density at radius 1 is 1.27 bits per heavy atom. The molecule has 0 saturated carbocycles. The third-order valence-corrected chi connectivity index (χ3v) is 5.35. The molecular formula is C22H39IN6O. The molecule has 0 spiro atoms. The molecule has 2 saturated heterocycles. The summed E-state index contributed by atoms with van der Waals surface area (Å²) in [6.45, 7) is 15.1. The highest BCUT2D eigenvalue weighted by Gasteiger charge is 2.21. The number of ether oxygens (including phenoxy) is 1. The molecule has 0 aliphatic carbocycles.